The van der Waals surface area contributed by atoms with Crippen LogP contribution in [0.25, 0.3) is 125 Å². The molecule has 0 saturated heterocycles. The monoisotopic (exact) mass is 761 g/mol. The lowest BCUT2D eigenvalue weighted by Crippen LogP contribution is -2.09. The molecule has 0 unspecified atom stereocenters. The average molecular weight is 762 g/mol. The average Bonchev–Trinajstić information content (AvgIpc) is 3.84. The Morgan fingerprint density at radius 2 is 0.833 bits per heavy atom. The molecule has 5 heterocycles. The zero-order valence-corrected chi connectivity index (χ0v) is 31.7. The molecular formula is C53H27N7. The maximum absolute atomic E-state index is 11.7. The van der Waals surface area contributed by atoms with E-state index in [1.807, 2.05) is 85.7 Å². The van der Waals surface area contributed by atoms with Crippen molar-refractivity contribution < 1.29 is 0 Å². The molecule has 0 spiro atoms. The molecule has 0 bridgehead atoms. The van der Waals surface area contributed by atoms with E-state index in [1.165, 1.54) is 0 Å². The van der Waals surface area contributed by atoms with Crippen LogP contribution in [0.3, 0.4) is 0 Å². The van der Waals surface area contributed by atoms with Gasteiger partial charge in [-0.05, 0) is 44.1 Å². The Labute approximate surface area is 341 Å². The molecule has 13 aromatic rings. The Hall–Kier alpha value is -8.65. The molecule has 0 N–H and O–H groups in total. The van der Waals surface area contributed by atoms with E-state index in [0.717, 1.165) is 103 Å². The number of aromatic nitrogens is 5. The fraction of sp³-hybridized carbons (Fsp3) is 0. The van der Waals surface area contributed by atoms with Crippen LogP contribution in [0.5, 0.6) is 0 Å². The van der Waals surface area contributed by atoms with Crippen molar-refractivity contribution in [2.24, 2.45) is 0 Å². The maximum Gasteiger partial charge on any atom is 0.220 e. The molecular weight excluding hydrogens is 735 g/mol. The summed E-state index contributed by atoms with van der Waals surface area (Å²) in [6.07, 6.45) is 11.6. The summed E-state index contributed by atoms with van der Waals surface area (Å²) in [6, 6.07) is 46.1. The number of pyridine rings is 3. The van der Waals surface area contributed by atoms with E-state index in [0.29, 0.717) is 28.2 Å². The summed E-state index contributed by atoms with van der Waals surface area (Å²) < 4.78 is 4.42. The minimum absolute atomic E-state index is 0.377. The molecule has 5 aromatic heterocycles. The second-order valence-electron chi connectivity index (χ2n) is 15.3. The molecule has 7 heteroatoms. The van der Waals surface area contributed by atoms with Crippen LogP contribution < -0.4 is 0 Å². The van der Waals surface area contributed by atoms with Gasteiger partial charge in [0.1, 0.15) is 6.07 Å². The minimum Gasteiger partial charge on any atom is -0.317 e. The predicted molar refractivity (Wildman–Crippen MR) is 243 cm³/mol. The van der Waals surface area contributed by atoms with Crippen LogP contribution in [-0.4, -0.2) is 24.1 Å². The lowest BCUT2D eigenvalue weighted by Gasteiger charge is -2.25. The first-order valence-electron chi connectivity index (χ1n) is 19.8. The fourth-order valence-corrected chi connectivity index (χ4v) is 10.3. The number of fused-ring (bicyclic) bond motifs is 6. The van der Waals surface area contributed by atoms with Gasteiger partial charge < -0.3 is 9.13 Å². The smallest absolute Gasteiger partial charge is 0.220 e. The molecule has 60 heavy (non-hydrogen) atoms. The number of rotatable bonds is 4. The molecule has 0 fully saturated rings. The SMILES string of the molecule is [C-]#[N+]c1c(-c2ccccc2)c(C#N)c(-n2c3cncc4c5ccccc5c5cncc2c5c43)c(-c2ccccc2)c1-n1c2cccc3c4ccccc4c4cncc1c4c32. The molecule has 0 amide bonds. The molecule has 0 atom stereocenters. The Morgan fingerprint density at radius 3 is 1.32 bits per heavy atom. The van der Waals surface area contributed by atoms with Crippen molar-refractivity contribution in [3.05, 3.63) is 182 Å². The molecule has 7 nitrogen and oxygen atoms in total. The van der Waals surface area contributed by atoms with Gasteiger partial charge in [-0.15, -0.1) is 0 Å². The Kier molecular flexibility index (Phi) is 6.45. The summed E-state index contributed by atoms with van der Waals surface area (Å²) in [4.78, 5) is 19.1. The second-order valence-corrected chi connectivity index (χ2v) is 15.3. The van der Waals surface area contributed by atoms with Crippen molar-refractivity contribution in [3.8, 4) is 39.7 Å². The van der Waals surface area contributed by atoms with Crippen molar-refractivity contribution in [3.63, 3.8) is 0 Å². The Morgan fingerprint density at radius 1 is 0.417 bits per heavy atom. The van der Waals surface area contributed by atoms with Crippen molar-refractivity contribution in [2.75, 3.05) is 0 Å². The first-order chi connectivity index (χ1) is 29.8. The number of nitrogens with zero attached hydrogens (tertiary/aromatic N) is 7. The third-order valence-corrected chi connectivity index (χ3v) is 12.5. The maximum atomic E-state index is 11.7. The molecule has 0 aliphatic heterocycles. The molecule has 13 rings (SSSR count). The molecule has 0 aliphatic rings. The van der Waals surface area contributed by atoms with E-state index >= 15 is 0 Å². The topological polar surface area (TPSA) is 76.7 Å². The van der Waals surface area contributed by atoms with Gasteiger partial charge in [0.05, 0.1) is 64.2 Å². The summed E-state index contributed by atoms with van der Waals surface area (Å²) in [5, 5.41) is 24.6. The summed E-state index contributed by atoms with van der Waals surface area (Å²) in [7, 11) is 0. The van der Waals surface area contributed by atoms with Gasteiger partial charge in [-0.1, -0.05) is 121 Å². The lowest BCUT2D eigenvalue weighted by molar-refractivity contribution is 1.12. The van der Waals surface area contributed by atoms with Crippen LogP contribution in [0.2, 0.25) is 0 Å². The summed E-state index contributed by atoms with van der Waals surface area (Å²) >= 11 is 0. The summed E-state index contributed by atoms with van der Waals surface area (Å²) in [6.45, 7) is 9.13. The molecule has 0 radical (unpaired) electrons. The largest absolute Gasteiger partial charge is 0.317 e. The van der Waals surface area contributed by atoms with Gasteiger partial charge in [-0.3, -0.25) is 15.0 Å². The first-order valence-corrected chi connectivity index (χ1v) is 19.8. The van der Waals surface area contributed by atoms with Crippen LogP contribution in [0, 0.1) is 17.9 Å². The van der Waals surface area contributed by atoms with E-state index in [4.69, 9.17) is 21.5 Å². The quantitative estimate of drug-likeness (QED) is 0.132. The number of hydrogen-bond donors (Lipinski definition) is 0. The highest BCUT2D eigenvalue weighted by Gasteiger charge is 2.33. The fourth-order valence-electron chi connectivity index (χ4n) is 10.3. The highest BCUT2D eigenvalue weighted by Crippen LogP contribution is 2.54. The van der Waals surface area contributed by atoms with Crippen LogP contribution in [-0.2, 0) is 0 Å². The number of hydrogen-bond acceptors (Lipinski definition) is 4. The Bertz CT molecular complexity index is 3620. The van der Waals surface area contributed by atoms with Crippen molar-refractivity contribution in [1.29, 1.82) is 5.26 Å². The van der Waals surface area contributed by atoms with E-state index in [-0.39, 0.29) is 0 Å². The Balaban J connectivity index is 1.33. The molecule has 0 saturated carbocycles. The molecule has 8 aromatic carbocycles. The first kappa shape index (κ1) is 32.4. The van der Waals surface area contributed by atoms with Crippen molar-refractivity contribution in [2.45, 2.75) is 0 Å². The van der Waals surface area contributed by atoms with Gasteiger partial charge in [0.15, 0.2) is 0 Å². The van der Waals surface area contributed by atoms with Gasteiger partial charge in [-0.25, -0.2) is 4.85 Å². The number of nitriles is 1. The summed E-state index contributed by atoms with van der Waals surface area (Å²) in [5.74, 6) is 0. The molecule has 0 aliphatic carbocycles. The van der Waals surface area contributed by atoms with Crippen LogP contribution in [0.1, 0.15) is 5.56 Å². The number of benzene rings is 8. The van der Waals surface area contributed by atoms with Crippen LogP contribution >= 0.6 is 0 Å². The predicted octanol–water partition coefficient (Wildman–Crippen LogP) is 13.3. The second kappa shape index (κ2) is 11.9. The minimum atomic E-state index is 0.377. The normalized spacial score (nSPS) is 12.0. The molecule has 274 valence electrons. The highest BCUT2D eigenvalue weighted by atomic mass is 15.1. The highest BCUT2D eigenvalue weighted by molar-refractivity contribution is 6.36. The zero-order valence-electron chi connectivity index (χ0n) is 31.7. The zero-order chi connectivity index (χ0) is 39.6. The lowest BCUT2D eigenvalue weighted by atomic mass is 9.88. The third kappa shape index (κ3) is 4.02. The standard InChI is InChI=1S/C53H27N7/c1-55-51-45(30-13-4-2-5-14-30)37(23-54)52(60-43-28-57-25-39-34-19-10-11-20-35(34)40-26-58-29-44(60)50(40)49(39)43)46(31-15-6-3-7-16-31)53(51)59-41-22-12-21-36-32-17-8-9-18-33(32)38-24-56-27-42(59)48(38)47(36)41/h2-22,24-29H. The summed E-state index contributed by atoms with van der Waals surface area (Å²) in [5.41, 5.74) is 8.56. The van der Waals surface area contributed by atoms with Gasteiger partial charge in [0, 0.05) is 67.4 Å². The van der Waals surface area contributed by atoms with Gasteiger partial charge >= 0.3 is 0 Å². The van der Waals surface area contributed by atoms with E-state index in [2.05, 4.69) is 98.9 Å². The van der Waals surface area contributed by atoms with Gasteiger partial charge in [0.25, 0.3) is 0 Å². The van der Waals surface area contributed by atoms with E-state index < -0.39 is 0 Å². The van der Waals surface area contributed by atoms with Gasteiger partial charge in [-0.2, -0.15) is 5.26 Å². The van der Waals surface area contributed by atoms with Crippen LogP contribution in [0.15, 0.2) is 165 Å². The van der Waals surface area contributed by atoms with E-state index in [1.54, 1.807) is 0 Å². The van der Waals surface area contributed by atoms with E-state index in [9.17, 15) is 5.26 Å². The van der Waals surface area contributed by atoms with Crippen molar-refractivity contribution >= 4 is 92.4 Å². The van der Waals surface area contributed by atoms with Crippen LogP contribution in [0.4, 0.5) is 5.69 Å². The third-order valence-electron chi connectivity index (χ3n) is 12.5. The van der Waals surface area contributed by atoms with Gasteiger partial charge in [0.2, 0.25) is 5.69 Å². The van der Waals surface area contributed by atoms with Crippen molar-refractivity contribution in [1.82, 2.24) is 24.1 Å².